The van der Waals surface area contributed by atoms with Crippen molar-refractivity contribution in [3.05, 3.63) is 186 Å². The zero-order valence-electron chi connectivity index (χ0n) is 35.8. The van der Waals surface area contributed by atoms with Crippen LogP contribution in [-0.4, -0.2) is 50.7 Å². The number of fused-ring (bicyclic) bond motifs is 2. The minimum atomic E-state index is -0.911. The van der Waals surface area contributed by atoms with Crippen molar-refractivity contribution in [1.29, 1.82) is 0 Å². The van der Waals surface area contributed by atoms with Gasteiger partial charge >= 0.3 is 29.0 Å². The Hall–Kier alpha value is -5.18. The predicted octanol–water partition coefficient (Wildman–Crippen LogP) is 9.85. The summed E-state index contributed by atoms with van der Waals surface area (Å²) in [5, 5.41) is 12.7. The van der Waals surface area contributed by atoms with Crippen LogP contribution in [0.15, 0.2) is 146 Å². The van der Waals surface area contributed by atoms with Crippen LogP contribution in [0.3, 0.4) is 0 Å². The fourth-order valence-corrected chi connectivity index (χ4v) is 7.70. The van der Waals surface area contributed by atoms with Crippen molar-refractivity contribution in [3.8, 4) is 44.8 Å². The van der Waals surface area contributed by atoms with Gasteiger partial charge in [0.15, 0.2) is 0 Å². The Morgan fingerprint density at radius 3 is 1.45 bits per heavy atom. The van der Waals surface area contributed by atoms with E-state index in [0.29, 0.717) is 12.2 Å². The molecule has 2 heterocycles. The van der Waals surface area contributed by atoms with Gasteiger partial charge in [0.25, 0.3) is 0 Å². The van der Waals surface area contributed by atoms with Gasteiger partial charge < -0.3 is 34.3 Å². The molecule has 5 nitrogen and oxygen atoms in total. The minimum Gasteiger partial charge on any atom is -1.00 e. The molecule has 1 N–H and O–H groups in total. The van der Waals surface area contributed by atoms with E-state index in [4.69, 9.17) is 14.7 Å². The predicted molar refractivity (Wildman–Crippen MR) is 248 cm³/mol. The summed E-state index contributed by atoms with van der Waals surface area (Å²) in [7, 11) is 0. The molecule has 300 valence electrons. The van der Waals surface area contributed by atoms with Crippen LogP contribution in [0, 0.1) is 35.1 Å². The number of benzene rings is 6. The van der Waals surface area contributed by atoms with E-state index in [1.54, 1.807) is 0 Å². The van der Waals surface area contributed by atoms with E-state index in [1.165, 1.54) is 22.3 Å². The molecule has 0 spiro atoms. The molecular weight excluding hydrogens is 817 g/mol. The number of esters is 1. The molecule has 7 heteroatoms. The fourth-order valence-electron chi connectivity index (χ4n) is 7.70. The first-order chi connectivity index (χ1) is 27.4. The summed E-state index contributed by atoms with van der Waals surface area (Å²) in [5.74, 6) is -0.306. The minimum absolute atomic E-state index is 0. The number of halogens is 1. The summed E-state index contributed by atoms with van der Waals surface area (Å²) >= 11 is 0. The number of hydrogen-bond acceptors (Lipinski definition) is 5. The average molecular weight is 868 g/mol. The van der Waals surface area contributed by atoms with E-state index in [-0.39, 0.29) is 53.4 Å². The van der Waals surface area contributed by atoms with Gasteiger partial charge in [-0.1, -0.05) is 113 Å². The van der Waals surface area contributed by atoms with Gasteiger partial charge in [0.05, 0.1) is 40.2 Å². The molecule has 6 aromatic carbocycles. The molecule has 0 aliphatic carbocycles. The molecule has 0 bridgehead atoms. The molecule has 0 atom stereocenters. The molecule has 0 saturated heterocycles. The number of aliphatic hydroxyl groups is 1. The van der Waals surface area contributed by atoms with Gasteiger partial charge in [-0.15, -0.1) is 0 Å². The van der Waals surface area contributed by atoms with E-state index in [2.05, 4.69) is 100 Å². The Morgan fingerprint density at radius 1 is 0.567 bits per heavy atom. The van der Waals surface area contributed by atoms with Gasteiger partial charge in [0, 0.05) is 21.9 Å². The van der Waals surface area contributed by atoms with E-state index in [0.717, 1.165) is 72.1 Å². The van der Waals surface area contributed by atoms with Crippen molar-refractivity contribution in [2.45, 2.75) is 54.1 Å². The van der Waals surface area contributed by atoms with E-state index in [1.807, 2.05) is 93.6 Å². The summed E-state index contributed by atoms with van der Waals surface area (Å²) in [6, 6.07) is 49.2. The zero-order chi connectivity index (χ0) is 40.3. The second-order valence-corrected chi connectivity index (χ2v) is 15.3. The van der Waals surface area contributed by atoms with Gasteiger partial charge in [-0.25, -0.2) is 14.8 Å². The molecule has 0 unspecified atom stereocenters. The second kappa shape index (κ2) is 20.4. The van der Waals surface area contributed by atoms with E-state index in [9.17, 15) is 9.90 Å². The maximum absolute atomic E-state index is 12.4. The standard InChI is InChI=1S/C26H23NO2.C26H25NO.CH3.BrH.Mg/c1-4-29-26(28)23-9-6-5-8-21(23)20-10-7-11-25-22(20)12-13-24(27-25)19-15-17(2)14-18(3)16-19;1-17-14-18(2)16-19(15-17)24-13-12-22-20(9-7-11-25(22)27-24)21-8-5-6-10-23(21)26(3,4)28;;;/h5-16H,4H2,1-3H3;5-16,28H,1-4H3;1H3;1H;/q;;-1;;+2/p-1. The van der Waals surface area contributed by atoms with Gasteiger partial charge in [-0.2, -0.15) is 0 Å². The maximum atomic E-state index is 12.4. The van der Waals surface area contributed by atoms with Crippen LogP contribution in [0.1, 0.15) is 58.9 Å². The van der Waals surface area contributed by atoms with Gasteiger partial charge in [-0.3, -0.25) is 0 Å². The molecule has 0 fully saturated rings. The van der Waals surface area contributed by atoms with Gasteiger partial charge in [0.1, 0.15) is 0 Å². The third-order valence-electron chi connectivity index (χ3n) is 10.1. The Kier molecular flexibility index (Phi) is 16.1. The van der Waals surface area contributed by atoms with Gasteiger partial charge in [0.2, 0.25) is 0 Å². The van der Waals surface area contributed by atoms with Crippen LogP contribution in [0.5, 0.6) is 0 Å². The first kappa shape index (κ1) is 47.5. The molecule has 0 amide bonds. The number of carbonyl (C=O) groups excluding carboxylic acids is 1. The third kappa shape index (κ3) is 10.6. The molecule has 0 saturated carbocycles. The van der Waals surface area contributed by atoms with Crippen LogP contribution in [0.2, 0.25) is 0 Å². The van der Waals surface area contributed by atoms with Crippen LogP contribution >= 0.6 is 0 Å². The number of rotatable bonds is 7. The third-order valence-corrected chi connectivity index (χ3v) is 10.1. The summed E-state index contributed by atoms with van der Waals surface area (Å²) in [5.41, 5.74) is 15.5. The zero-order valence-corrected chi connectivity index (χ0v) is 38.8. The van der Waals surface area contributed by atoms with Crippen molar-refractivity contribution in [2.75, 3.05) is 6.61 Å². The Morgan fingerprint density at radius 2 is 0.983 bits per heavy atom. The Labute approximate surface area is 381 Å². The van der Waals surface area contributed by atoms with Crippen molar-refractivity contribution in [2.24, 2.45) is 0 Å². The maximum Gasteiger partial charge on any atom is 2.00 e. The molecule has 0 aliphatic heterocycles. The number of ether oxygens (including phenoxy) is 1. The number of carbonyl (C=O) groups is 1. The van der Waals surface area contributed by atoms with Crippen LogP contribution in [0.25, 0.3) is 66.6 Å². The Balaban J connectivity index is 0.000000252. The number of hydrogen-bond donors (Lipinski definition) is 1. The Bertz CT molecular complexity index is 2730. The van der Waals surface area contributed by atoms with E-state index >= 15 is 0 Å². The largest absolute Gasteiger partial charge is 2.00 e. The molecule has 8 aromatic rings. The molecule has 60 heavy (non-hydrogen) atoms. The molecule has 0 radical (unpaired) electrons. The summed E-state index contributed by atoms with van der Waals surface area (Å²) in [4.78, 5) is 22.3. The molecule has 0 aliphatic rings. The van der Waals surface area contributed by atoms with E-state index < -0.39 is 5.60 Å². The summed E-state index contributed by atoms with van der Waals surface area (Å²) < 4.78 is 5.25. The SMILES string of the molecule is CCOC(=O)c1ccccc1-c1cccc2nc(-c3cc(C)cc(C)c3)ccc12.Cc1cc(C)cc(-c2ccc3c(-c4ccccc4C(C)(C)O)cccc3n2)c1.[Br-].[CH3-].[Mg+2]. The molecule has 8 rings (SSSR count). The van der Waals surface area contributed by atoms with Crippen LogP contribution < -0.4 is 17.0 Å². The van der Waals surface area contributed by atoms with Crippen LogP contribution in [0.4, 0.5) is 0 Å². The number of pyridine rings is 2. The molecular formula is C53H51BrMgN2O3. The van der Waals surface area contributed by atoms with Gasteiger partial charge in [-0.05, 0) is 131 Å². The smallest absolute Gasteiger partial charge is 1.00 e. The topological polar surface area (TPSA) is 72.3 Å². The normalized spacial score (nSPS) is 10.7. The number of aromatic nitrogens is 2. The second-order valence-electron chi connectivity index (χ2n) is 15.3. The number of nitrogens with zero attached hydrogens (tertiary/aromatic N) is 2. The average Bonchev–Trinajstić information content (AvgIpc) is 3.19. The number of aryl methyl sites for hydroxylation is 4. The molecule has 2 aromatic heterocycles. The van der Waals surface area contributed by atoms with Crippen LogP contribution in [-0.2, 0) is 10.3 Å². The monoisotopic (exact) mass is 866 g/mol. The van der Waals surface area contributed by atoms with Crippen molar-refractivity contribution >= 4 is 50.8 Å². The van der Waals surface area contributed by atoms with Crippen molar-refractivity contribution in [3.63, 3.8) is 0 Å². The summed E-state index contributed by atoms with van der Waals surface area (Å²) in [6.45, 7) is 14.2. The first-order valence-electron chi connectivity index (χ1n) is 19.5. The fraction of sp³-hybridized carbons (Fsp3) is 0.170. The quantitative estimate of drug-likeness (QED) is 0.0982. The van der Waals surface area contributed by atoms with Crippen molar-refractivity contribution < 1.29 is 31.6 Å². The summed E-state index contributed by atoms with van der Waals surface area (Å²) in [6.07, 6.45) is 0. The first-order valence-corrected chi connectivity index (χ1v) is 19.5. The van der Waals surface area contributed by atoms with Crippen molar-refractivity contribution in [1.82, 2.24) is 9.97 Å².